The summed E-state index contributed by atoms with van der Waals surface area (Å²) in [4.78, 5) is 11.1. The maximum atomic E-state index is 11.1. The summed E-state index contributed by atoms with van der Waals surface area (Å²) >= 11 is 0. The fraction of sp³-hybridized carbons (Fsp3) is 0.462. The number of hydrogen-bond acceptors (Lipinski definition) is 2. The van der Waals surface area contributed by atoms with Crippen molar-refractivity contribution in [3.05, 3.63) is 34.4 Å². The maximum Gasteiger partial charge on any atom is 0.150 e. The van der Waals surface area contributed by atoms with Gasteiger partial charge in [0, 0.05) is 12.7 Å². The Morgan fingerprint density at radius 3 is 2.80 bits per heavy atom. The van der Waals surface area contributed by atoms with Gasteiger partial charge in [-0.2, -0.15) is 0 Å². The molecule has 0 saturated carbocycles. The Morgan fingerprint density at radius 1 is 1.47 bits per heavy atom. The second kappa shape index (κ2) is 3.46. The lowest BCUT2D eigenvalue weighted by atomic mass is 9.92. The van der Waals surface area contributed by atoms with E-state index in [-0.39, 0.29) is 5.60 Å². The van der Waals surface area contributed by atoms with Crippen LogP contribution in [-0.4, -0.2) is 13.4 Å². The molecule has 0 bridgehead atoms. The van der Waals surface area contributed by atoms with E-state index in [4.69, 9.17) is 4.74 Å². The van der Waals surface area contributed by atoms with Crippen LogP contribution in [0.1, 0.15) is 40.4 Å². The molecular weight excluding hydrogens is 188 g/mol. The number of hydrogen-bond donors (Lipinski definition) is 0. The van der Waals surface area contributed by atoms with Crippen molar-refractivity contribution in [1.29, 1.82) is 0 Å². The molecule has 15 heavy (non-hydrogen) atoms. The maximum absolute atomic E-state index is 11.1. The lowest BCUT2D eigenvalue weighted by Crippen LogP contribution is -2.22. The van der Waals surface area contributed by atoms with Gasteiger partial charge in [-0.1, -0.05) is 11.6 Å². The lowest BCUT2D eigenvalue weighted by Gasteiger charge is -2.25. The highest BCUT2D eigenvalue weighted by Gasteiger charge is 2.36. The summed E-state index contributed by atoms with van der Waals surface area (Å²) in [6, 6.07) is 4.10. The van der Waals surface area contributed by atoms with E-state index in [1.807, 2.05) is 13.0 Å². The summed E-state index contributed by atoms with van der Waals surface area (Å²) in [5.41, 5.74) is 4.01. The van der Waals surface area contributed by atoms with Crippen LogP contribution in [0.25, 0.3) is 0 Å². The van der Waals surface area contributed by atoms with Crippen LogP contribution in [0.3, 0.4) is 0 Å². The van der Waals surface area contributed by atoms with Gasteiger partial charge in [0.05, 0.1) is 5.60 Å². The molecule has 0 aromatic heterocycles. The zero-order chi connectivity index (χ0) is 11.1. The second-order valence-corrected chi connectivity index (χ2v) is 4.44. The molecule has 0 saturated heterocycles. The Kier molecular flexibility index (Phi) is 2.39. The van der Waals surface area contributed by atoms with Gasteiger partial charge in [-0.15, -0.1) is 0 Å². The number of ether oxygens (including phenoxy) is 1. The van der Waals surface area contributed by atoms with Gasteiger partial charge < -0.3 is 4.74 Å². The number of rotatable bonds is 2. The molecule has 0 amide bonds. The van der Waals surface area contributed by atoms with Crippen LogP contribution in [0.2, 0.25) is 0 Å². The molecule has 80 valence electrons. The van der Waals surface area contributed by atoms with Crippen molar-refractivity contribution in [2.45, 2.75) is 32.3 Å². The molecule has 1 unspecified atom stereocenters. The molecule has 0 spiro atoms. The Hall–Kier alpha value is -1.15. The quantitative estimate of drug-likeness (QED) is 0.692. The Balaban J connectivity index is 2.65. The molecule has 0 aliphatic heterocycles. The first kappa shape index (κ1) is 10.4. The average molecular weight is 204 g/mol. The molecule has 1 aromatic rings. The zero-order valence-electron chi connectivity index (χ0n) is 9.46. The van der Waals surface area contributed by atoms with E-state index in [1.54, 1.807) is 7.11 Å². The van der Waals surface area contributed by atoms with Gasteiger partial charge in [-0.25, -0.2) is 0 Å². The number of fused-ring (bicyclic) bond motifs is 1. The van der Waals surface area contributed by atoms with E-state index in [9.17, 15) is 4.79 Å². The molecule has 1 aliphatic carbocycles. The van der Waals surface area contributed by atoms with Crippen molar-refractivity contribution in [2.24, 2.45) is 0 Å². The standard InChI is InChI=1S/C13H16O2/c1-9-6-10-4-5-13(2,15-3)12(10)11(7-9)8-14/h6-8H,4-5H2,1-3H3. The molecule has 1 aliphatic rings. The summed E-state index contributed by atoms with van der Waals surface area (Å²) in [5.74, 6) is 0. The predicted molar refractivity (Wildman–Crippen MR) is 59.2 cm³/mol. The lowest BCUT2D eigenvalue weighted by molar-refractivity contribution is 0.00339. The number of aryl methyl sites for hydroxylation is 2. The normalized spacial score (nSPS) is 23.9. The smallest absolute Gasteiger partial charge is 0.150 e. The van der Waals surface area contributed by atoms with Gasteiger partial charge in [-0.3, -0.25) is 4.79 Å². The molecule has 1 atom stereocenters. The van der Waals surface area contributed by atoms with Gasteiger partial charge in [0.1, 0.15) is 6.29 Å². The molecule has 2 heteroatoms. The first-order chi connectivity index (χ1) is 7.10. The van der Waals surface area contributed by atoms with Crippen LogP contribution in [0.4, 0.5) is 0 Å². The van der Waals surface area contributed by atoms with Gasteiger partial charge in [0.25, 0.3) is 0 Å². The first-order valence-electron chi connectivity index (χ1n) is 5.25. The monoisotopic (exact) mass is 204 g/mol. The SMILES string of the molecule is COC1(C)CCc2cc(C)cc(C=O)c21. The summed E-state index contributed by atoms with van der Waals surface area (Å²) < 4.78 is 5.55. The minimum Gasteiger partial charge on any atom is -0.374 e. The highest BCUT2D eigenvalue weighted by Crippen LogP contribution is 2.41. The third-order valence-electron chi connectivity index (χ3n) is 3.37. The predicted octanol–water partition coefficient (Wildman–Crippen LogP) is 2.62. The number of methoxy groups -OCH3 is 1. The Labute approximate surface area is 90.3 Å². The first-order valence-corrected chi connectivity index (χ1v) is 5.25. The minimum absolute atomic E-state index is 0.278. The topological polar surface area (TPSA) is 26.3 Å². The van der Waals surface area contributed by atoms with Crippen LogP contribution in [-0.2, 0) is 16.8 Å². The molecule has 0 N–H and O–H groups in total. The van der Waals surface area contributed by atoms with E-state index < -0.39 is 0 Å². The van der Waals surface area contributed by atoms with Crippen molar-refractivity contribution >= 4 is 6.29 Å². The van der Waals surface area contributed by atoms with Crippen molar-refractivity contribution in [1.82, 2.24) is 0 Å². The fourth-order valence-electron chi connectivity index (χ4n) is 2.53. The van der Waals surface area contributed by atoms with Crippen LogP contribution in [0.5, 0.6) is 0 Å². The van der Waals surface area contributed by atoms with Crippen molar-refractivity contribution in [3.8, 4) is 0 Å². The van der Waals surface area contributed by atoms with Crippen LogP contribution in [0, 0.1) is 6.92 Å². The van der Waals surface area contributed by atoms with Crippen LogP contribution < -0.4 is 0 Å². The van der Waals surface area contributed by atoms with Crippen molar-refractivity contribution in [3.63, 3.8) is 0 Å². The van der Waals surface area contributed by atoms with Crippen LogP contribution in [0.15, 0.2) is 12.1 Å². The highest BCUT2D eigenvalue weighted by atomic mass is 16.5. The third-order valence-corrected chi connectivity index (χ3v) is 3.37. The van der Waals surface area contributed by atoms with Crippen LogP contribution >= 0.6 is 0 Å². The third kappa shape index (κ3) is 1.49. The van der Waals surface area contributed by atoms with E-state index in [0.717, 1.165) is 35.8 Å². The van der Waals surface area contributed by atoms with Gasteiger partial charge in [0.15, 0.2) is 0 Å². The number of carbonyl (C=O) groups excluding carboxylic acids is 1. The number of aldehydes is 1. The second-order valence-electron chi connectivity index (χ2n) is 4.44. The minimum atomic E-state index is -0.278. The van der Waals surface area contributed by atoms with Gasteiger partial charge in [-0.05, 0) is 43.9 Å². The summed E-state index contributed by atoms with van der Waals surface area (Å²) in [7, 11) is 1.71. The van der Waals surface area contributed by atoms with E-state index >= 15 is 0 Å². The summed E-state index contributed by atoms with van der Waals surface area (Å²) in [5, 5.41) is 0. The molecule has 2 rings (SSSR count). The molecule has 1 aromatic carbocycles. The average Bonchev–Trinajstić information content (AvgIpc) is 2.56. The van der Waals surface area contributed by atoms with Gasteiger partial charge in [0.2, 0.25) is 0 Å². The Bertz CT molecular complexity index is 409. The Morgan fingerprint density at radius 2 is 2.20 bits per heavy atom. The largest absolute Gasteiger partial charge is 0.374 e. The van der Waals surface area contributed by atoms with E-state index in [2.05, 4.69) is 13.0 Å². The molecule has 0 radical (unpaired) electrons. The van der Waals surface area contributed by atoms with Gasteiger partial charge >= 0.3 is 0 Å². The molecular formula is C13H16O2. The van der Waals surface area contributed by atoms with E-state index in [0.29, 0.717) is 0 Å². The molecule has 2 nitrogen and oxygen atoms in total. The summed E-state index contributed by atoms with van der Waals surface area (Å²) in [6.45, 7) is 4.08. The molecule has 0 heterocycles. The highest BCUT2D eigenvalue weighted by molar-refractivity contribution is 5.79. The number of benzene rings is 1. The van der Waals surface area contributed by atoms with E-state index in [1.165, 1.54) is 5.56 Å². The zero-order valence-corrected chi connectivity index (χ0v) is 9.46. The van der Waals surface area contributed by atoms with Crippen molar-refractivity contribution in [2.75, 3.05) is 7.11 Å². The summed E-state index contributed by atoms with van der Waals surface area (Å²) in [6.07, 6.45) is 2.90. The van der Waals surface area contributed by atoms with Crippen molar-refractivity contribution < 1.29 is 9.53 Å². The fourth-order valence-corrected chi connectivity index (χ4v) is 2.53. The number of carbonyl (C=O) groups is 1. The molecule has 0 fully saturated rings.